The number of hydrogen-bond acceptors (Lipinski definition) is 3. The predicted octanol–water partition coefficient (Wildman–Crippen LogP) is 2.83. The third-order valence-electron chi connectivity index (χ3n) is 3.51. The van der Waals surface area contributed by atoms with Crippen LogP contribution >= 0.6 is 0 Å². The molecule has 0 aliphatic rings. The molecule has 10 heteroatoms. The van der Waals surface area contributed by atoms with Crippen molar-refractivity contribution in [3.05, 3.63) is 65.5 Å². The molecule has 1 amide bonds. The van der Waals surface area contributed by atoms with Crippen LogP contribution in [0.1, 0.15) is 17.5 Å². The molecule has 2 N–H and O–H groups in total. The van der Waals surface area contributed by atoms with Crippen LogP contribution in [0.2, 0.25) is 0 Å². The smallest absolute Gasteiger partial charge is 0.352 e. The van der Waals surface area contributed by atoms with Gasteiger partial charge in [-0.3, -0.25) is 4.79 Å². The van der Waals surface area contributed by atoms with E-state index in [2.05, 4.69) is 10.0 Å². The van der Waals surface area contributed by atoms with Gasteiger partial charge in [0.1, 0.15) is 5.82 Å². The van der Waals surface area contributed by atoms with Crippen molar-refractivity contribution >= 4 is 15.9 Å². The van der Waals surface area contributed by atoms with Gasteiger partial charge in [0, 0.05) is 19.5 Å². The zero-order chi connectivity index (χ0) is 20.1. The quantitative estimate of drug-likeness (QED) is 0.697. The first-order valence-electron chi connectivity index (χ1n) is 7.76. The SMILES string of the molecule is O=C(CCNS(=O)(=O)c1ccc(F)cc1)NCc1cccc(C(F)(F)F)c1. The summed E-state index contributed by atoms with van der Waals surface area (Å²) in [4.78, 5) is 11.6. The zero-order valence-corrected chi connectivity index (χ0v) is 14.7. The molecule has 146 valence electrons. The number of amides is 1. The first-order chi connectivity index (χ1) is 12.6. The number of sulfonamides is 1. The van der Waals surface area contributed by atoms with Crippen molar-refractivity contribution < 1.29 is 30.8 Å². The first kappa shape index (κ1) is 20.8. The molecule has 2 aromatic rings. The predicted molar refractivity (Wildman–Crippen MR) is 89.5 cm³/mol. The Morgan fingerprint density at radius 2 is 1.70 bits per heavy atom. The second kappa shape index (κ2) is 8.49. The molecule has 0 aromatic heterocycles. The number of halogens is 4. The molecule has 0 aliphatic heterocycles. The fraction of sp³-hybridized carbons (Fsp3) is 0.235. The molecule has 0 spiro atoms. The maximum absolute atomic E-state index is 12.8. The van der Waals surface area contributed by atoms with E-state index in [-0.39, 0.29) is 30.0 Å². The van der Waals surface area contributed by atoms with Gasteiger partial charge in [0.2, 0.25) is 15.9 Å². The third kappa shape index (κ3) is 6.33. The van der Waals surface area contributed by atoms with E-state index in [1.54, 1.807) is 0 Å². The minimum atomic E-state index is -4.47. The van der Waals surface area contributed by atoms with Crippen LogP contribution in [0.5, 0.6) is 0 Å². The van der Waals surface area contributed by atoms with Crippen LogP contribution in [-0.4, -0.2) is 20.9 Å². The topological polar surface area (TPSA) is 75.3 Å². The van der Waals surface area contributed by atoms with Crippen molar-refractivity contribution in [1.29, 1.82) is 0 Å². The first-order valence-corrected chi connectivity index (χ1v) is 9.24. The van der Waals surface area contributed by atoms with Crippen LogP contribution in [0, 0.1) is 5.82 Å². The molecule has 0 saturated heterocycles. The molecule has 0 saturated carbocycles. The van der Waals surface area contributed by atoms with Crippen molar-refractivity contribution in [2.75, 3.05) is 6.54 Å². The number of benzene rings is 2. The lowest BCUT2D eigenvalue weighted by molar-refractivity contribution is -0.137. The second-order valence-corrected chi connectivity index (χ2v) is 7.34. The Kier molecular flexibility index (Phi) is 6.55. The highest BCUT2D eigenvalue weighted by Gasteiger charge is 2.30. The van der Waals surface area contributed by atoms with Crippen molar-refractivity contribution in [3.8, 4) is 0 Å². The molecule has 27 heavy (non-hydrogen) atoms. The van der Waals surface area contributed by atoms with Gasteiger partial charge in [-0.1, -0.05) is 12.1 Å². The maximum atomic E-state index is 12.8. The molecule has 0 unspecified atom stereocenters. The number of nitrogens with one attached hydrogen (secondary N) is 2. The molecule has 2 aromatic carbocycles. The fourth-order valence-electron chi connectivity index (χ4n) is 2.14. The summed E-state index contributed by atoms with van der Waals surface area (Å²) >= 11 is 0. The standard InChI is InChI=1S/C17H16F4N2O3S/c18-14-4-6-15(7-5-14)27(25,26)23-9-8-16(24)22-11-12-2-1-3-13(10-12)17(19,20)21/h1-7,10,23H,8-9,11H2,(H,22,24). The van der Waals surface area contributed by atoms with E-state index >= 15 is 0 Å². The number of carbonyl (C=O) groups excluding carboxylic acids is 1. The van der Waals surface area contributed by atoms with Crippen molar-refractivity contribution in [3.63, 3.8) is 0 Å². The van der Waals surface area contributed by atoms with Crippen LogP contribution in [-0.2, 0) is 27.5 Å². The summed E-state index contributed by atoms with van der Waals surface area (Å²) in [6.07, 6.45) is -4.68. The summed E-state index contributed by atoms with van der Waals surface area (Å²) in [6, 6.07) is 8.70. The lowest BCUT2D eigenvalue weighted by atomic mass is 10.1. The summed E-state index contributed by atoms with van der Waals surface area (Å²) < 4.78 is 76.8. The van der Waals surface area contributed by atoms with Gasteiger partial charge in [-0.25, -0.2) is 17.5 Å². The zero-order valence-electron chi connectivity index (χ0n) is 13.9. The Labute approximate surface area is 153 Å². The van der Waals surface area contributed by atoms with Gasteiger partial charge in [0.25, 0.3) is 0 Å². The van der Waals surface area contributed by atoms with Gasteiger partial charge in [0.15, 0.2) is 0 Å². The maximum Gasteiger partial charge on any atom is 0.416 e. The summed E-state index contributed by atoms with van der Waals surface area (Å²) in [5.74, 6) is -1.11. The van der Waals surface area contributed by atoms with Crippen molar-refractivity contribution in [2.45, 2.75) is 24.0 Å². The van der Waals surface area contributed by atoms with E-state index in [1.807, 2.05) is 0 Å². The molecular weight excluding hydrogens is 388 g/mol. The highest BCUT2D eigenvalue weighted by molar-refractivity contribution is 7.89. The third-order valence-corrected chi connectivity index (χ3v) is 4.99. The van der Waals surface area contributed by atoms with E-state index in [9.17, 15) is 30.8 Å². The van der Waals surface area contributed by atoms with Gasteiger partial charge in [-0.05, 0) is 42.0 Å². The average Bonchev–Trinajstić information content (AvgIpc) is 2.60. The molecule has 2 rings (SSSR count). The van der Waals surface area contributed by atoms with E-state index in [0.29, 0.717) is 0 Å². The summed E-state index contributed by atoms with van der Waals surface area (Å²) in [5, 5.41) is 2.42. The molecule has 0 heterocycles. The van der Waals surface area contributed by atoms with Crippen LogP contribution in [0.3, 0.4) is 0 Å². The number of alkyl halides is 3. The molecule has 0 atom stereocenters. The molecule has 0 aliphatic carbocycles. The second-order valence-electron chi connectivity index (χ2n) is 5.58. The van der Waals surface area contributed by atoms with Gasteiger partial charge in [-0.15, -0.1) is 0 Å². The lowest BCUT2D eigenvalue weighted by Crippen LogP contribution is -2.30. The van der Waals surface area contributed by atoms with Gasteiger partial charge >= 0.3 is 6.18 Å². The molecule has 0 fully saturated rings. The van der Waals surface area contributed by atoms with Gasteiger partial charge < -0.3 is 5.32 Å². The van der Waals surface area contributed by atoms with Crippen LogP contribution in [0.4, 0.5) is 17.6 Å². The Morgan fingerprint density at radius 3 is 2.33 bits per heavy atom. The van der Waals surface area contributed by atoms with Crippen molar-refractivity contribution in [1.82, 2.24) is 10.0 Å². The molecule has 5 nitrogen and oxygen atoms in total. The Bertz CT molecular complexity index is 897. The van der Waals surface area contributed by atoms with E-state index in [1.165, 1.54) is 12.1 Å². The fourth-order valence-corrected chi connectivity index (χ4v) is 3.17. The minimum Gasteiger partial charge on any atom is -0.352 e. The summed E-state index contributed by atoms with van der Waals surface area (Å²) in [7, 11) is -3.88. The highest BCUT2D eigenvalue weighted by Crippen LogP contribution is 2.29. The van der Waals surface area contributed by atoms with Crippen LogP contribution in [0.15, 0.2) is 53.4 Å². The molecule has 0 radical (unpaired) electrons. The number of carbonyl (C=O) groups is 1. The number of rotatable bonds is 7. The Hall–Kier alpha value is -2.46. The summed E-state index contributed by atoms with van der Waals surface area (Å²) in [6.45, 7) is -0.332. The van der Waals surface area contributed by atoms with E-state index in [0.717, 1.165) is 36.4 Å². The normalized spacial score (nSPS) is 12.0. The Morgan fingerprint density at radius 1 is 1.04 bits per heavy atom. The minimum absolute atomic E-state index is 0.118. The Balaban J connectivity index is 1.82. The van der Waals surface area contributed by atoms with Crippen molar-refractivity contribution in [2.24, 2.45) is 0 Å². The van der Waals surface area contributed by atoms with E-state index < -0.39 is 33.5 Å². The van der Waals surface area contributed by atoms with Crippen LogP contribution < -0.4 is 10.0 Å². The molecule has 0 bridgehead atoms. The highest BCUT2D eigenvalue weighted by atomic mass is 32.2. The van der Waals surface area contributed by atoms with Gasteiger partial charge in [-0.2, -0.15) is 13.2 Å². The van der Waals surface area contributed by atoms with E-state index in [4.69, 9.17) is 0 Å². The van der Waals surface area contributed by atoms with Crippen LogP contribution in [0.25, 0.3) is 0 Å². The monoisotopic (exact) mass is 404 g/mol. The molecular formula is C17H16F4N2O3S. The van der Waals surface area contributed by atoms with Gasteiger partial charge in [0.05, 0.1) is 10.5 Å². The lowest BCUT2D eigenvalue weighted by Gasteiger charge is -2.10. The summed E-state index contributed by atoms with van der Waals surface area (Å²) in [5.41, 5.74) is -0.550. The average molecular weight is 404 g/mol. The largest absolute Gasteiger partial charge is 0.416 e. The number of hydrogen-bond donors (Lipinski definition) is 2.